The lowest BCUT2D eigenvalue weighted by molar-refractivity contribution is 0.0531. The predicted molar refractivity (Wildman–Crippen MR) is 131 cm³/mol. The number of pyridine rings is 1. The Morgan fingerprint density at radius 1 is 1.15 bits per heavy atom. The molecule has 1 aliphatic rings. The molecule has 2 atom stereocenters. The molecule has 2 N–H and O–H groups in total. The van der Waals surface area contributed by atoms with Crippen LogP contribution in [0.1, 0.15) is 12.0 Å². The van der Waals surface area contributed by atoms with E-state index in [0.717, 1.165) is 33.3 Å². The van der Waals surface area contributed by atoms with Crippen LogP contribution in [0.4, 0.5) is 0 Å². The summed E-state index contributed by atoms with van der Waals surface area (Å²) in [5.41, 5.74) is 6.19. The summed E-state index contributed by atoms with van der Waals surface area (Å²) in [5, 5.41) is 9.87. The minimum absolute atomic E-state index is 0.0145. The molecule has 33 heavy (non-hydrogen) atoms. The third-order valence-electron chi connectivity index (χ3n) is 5.78. The van der Waals surface area contributed by atoms with Crippen molar-refractivity contribution in [3.8, 4) is 28.3 Å². The number of aromatic amines is 1. The van der Waals surface area contributed by atoms with Gasteiger partial charge in [0.1, 0.15) is 11.6 Å². The molecule has 0 unspecified atom stereocenters. The Bertz CT molecular complexity index is 1290. The van der Waals surface area contributed by atoms with Crippen molar-refractivity contribution >= 4 is 28.8 Å². The summed E-state index contributed by atoms with van der Waals surface area (Å²) >= 11 is 6.64. The first-order chi connectivity index (χ1) is 16.2. The summed E-state index contributed by atoms with van der Waals surface area (Å²) in [5.74, 6) is 0.572. The Balaban J connectivity index is 1.50. The molecule has 1 fully saturated rings. The van der Waals surface area contributed by atoms with E-state index in [1.54, 1.807) is 13.3 Å². The second kappa shape index (κ2) is 9.35. The van der Waals surface area contributed by atoms with Crippen LogP contribution in [0.25, 0.3) is 33.4 Å². The lowest BCUT2D eigenvalue weighted by Crippen LogP contribution is -2.18. The Kier molecular flexibility index (Phi) is 6.13. The van der Waals surface area contributed by atoms with Crippen molar-refractivity contribution in [3.05, 3.63) is 71.2 Å². The molecule has 0 amide bonds. The average Bonchev–Trinajstić information content (AvgIpc) is 3.44. The van der Waals surface area contributed by atoms with Crippen molar-refractivity contribution in [2.75, 3.05) is 20.3 Å². The summed E-state index contributed by atoms with van der Waals surface area (Å²) in [7, 11) is 1.71. The molecule has 0 bridgehead atoms. The Morgan fingerprint density at radius 2 is 1.88 bits per heavy atom. The van der Waals surface area contributed by atoms with E-state index in [2.05, 4.69) is 34.2 Å². The Hall–Kier alpha value is -3.19. The van der Waals surface area contributed by atoms with Crippen molar-refractivity contribution < 1.29 is 14.6 Å². The van der Waals surface area contributed by atoms with E-state index in [4.69, 9.17) is 26.1 Å². The van der Waals surface area contributed by atoms with Crippen molar-refractivity contribution in [1.82, 2.24) is 9.97 Å². The molecule has 0 spiro atoms. The standard InChI is InChI=1S/C26H24ClN3O3/c1-28-13-21-25-23(29-26(21)33-20-11-19(14-31)32-15-20)12-22(27)24(30-25)18-9-7-17(8-10-18)16-5-3-2-4-6-16/h2-10,12-13,19-20,29,31H,11,14-15H2,1H3/b28-13+/t19-,20-/m0/s1. The fourth-order valence-electron chi connectivity index (χ4n) is 4.13. The molecule has 1 aliphatic heterocycles. The molecule has 7 heteroatoms. The monoisotopic (exact) mass is 461 g/mol. The number of aliphatic hydroxyl groups excluding tert-OH is 1. The van der Waals surface area contributed by atoms with Crippen LogP contribution in [0, 0.1) is 0 Å². The molecule has 3 heterocycles. The zero-order valence-electron chi connectivity index (χ0n) is 18.2. The van der Waals surface area contributed by atoms with Crippen molar-refractivity contribution in [2.45, 2.75) is 18.6 Å². The van der Waals surface area contributed by atoms with Crippen LogP contribution in [-0.2, 0) is 4.74 Å². The van der Waals surface area contributed by atoms with Gasteiger partial charge < -0.3 is 19.6 Å². The van der Waals surface area contributed by atoms with Crippen molar-refractivity contribution in [3.63, 3.8) is 0 Å². The molecule has 1 saturated heterocycles. The van der Waals surface area contributed by atoms with Gasteiger partial charge in [0.2, 0.25) is 5.88 Å². The van der Waals surface area contributed by atoms with E-state index in [1.807, 2.05) is 36.4 Å². The maximum absolute atomic E-state index is 9.32. The van der Waals surface area contributed by atoms with Crippen LogP contribution >= 0.6 is 11.6 Å². The number of nitrogens with one attached hydrogen (secondary N) is 1. The molecule has 2 aromatic carbocycles. The molecular formula is C26H24ClN3O3. The van der Waals surface area contributed by atoms with E-state index >= 15 is 0 Å². The lowest BCUT2D eigenvalue weighted by Gasteiger charge is -2.11. The van der Waals surface area contributed by atoms with Crippen LogP contribution in [0.3, 0.4) is 0 Å². The van der Waals surface area contributed by atoms with E-state index in [9.17, 15) is 5.11 Å². The number of ether oxygens (including phenoxy) is 2. The summed E-state index contributed by atoms with van der Waals surface area (Å²) in [6, 6.07) is 20.3. The number of hydrogen-bond donors (Lipinski definition) is 2. The van der Waals surface area contributed by atoms with Gasteiger partial charge in [-0.3, -0.25) is 4.99 Å². The van der Waals surface area contributed by atoms with Gasteiger partial charge in [0.25, 0.3) is 0 Å². The van der Waals surface area contributed by atoms with Crippen LogP contribution < -0.4 is 4.74 Å². The number of aliphatic hydroxyl groups is 1. The largest absolute Gasteiger partial charge is 0.473 e. The minimum Gasteiger partial charge on any atom is -0.473 e. The quantitative estimate of drug-likeness (QED) is 0.390. The fraction of sp³-hybridized carbons (Fsp3) is 0.231. The Labute approximate surface area is 196 Å². The SMILES string of the molecule is C/N=C/c1c(O[C@@H]2CO[C@H](CO)C2)[nH]c2cc(Cl)c(-c3ccc(-c4ccccc4)cc3)nc12. The first kappa shape index (κ1) is 21.6. The van der Waals surface area contributed by atoms with Gasteiger partial charge in [0, 0.05) is 25.2 Å². The molecule has 0 aliphatic carbocycles. The molecular weight excluding hydrogens is 438 g/mol. The van der Waals surface area contributed by atoms with Gasteiger partial charge in [0.05, 0.1) is 41.1 Å². The average molecular weight is 462 g/mol. The normalized spacial score (nSPS) is 18.4. The van der Waals surface area contributed by atoms with Crippen molar-refractivity contribution in [1.29, 1.82) is 0 Å². The van der Waals surface area contributed by atoms with Crippen LogP contribution in [0.2, 0.25) is 5.02 Å². The van der Waals surface area contributed by atoms with E-state index < -0.39 is 0 Å². The van der Waals surface area contributed by atoms with Gasteiger partial charge in [-0.2, -0.15) is 0 Å². The smallest absolute Gasteiger partial charge is 0.202 e. The molecule has 4 aromatic rings. The van der Waals surface area contributed by atoms with Gasteiger partial charge in [-0.05, 0) is 17.2 Å². The third-order valence-corrected chi connectivity index (χ3v) is 6.07. The third kappa shape index (κ3) is 4.37. The van der Waals surface area contributed by atoms with Crippen LogP contribution in [0.5, 0.6) is 5.88 Å². The number of H-pyrrole nitrogens is 1. The number of halogens is 1. The van der Waals surface area contributed by atoms with Gasteiger partial charge in [-0.25, -0.2) is 4.98 Å². The van der Waals surface area contributed by atoms with Gasteiger partial charge in [-0.15, -0.1) is 0 Å². The zero-order valence-corrected chi connectivity index (χ0v) is 18.9. The highest BCUT2D eigenvalue weighted by Crippen LogP contribution is 2.35. The molecule has 5 rings (SSSR count). The molecule has 0 saturated carbocycles. The highest BCUT2D eigenvalue weighted by atomic mass is 35.5. The fourth-order valence-corrected chi connectivity index (χ4v) is 4.39. The number of nitrogens with zero attached hydrogens (tertiary/aromatic N) is 2. The highest BCUT2D eigenvalue weighted by molar-refractivity contribution is 6.33. The van der Waals surface area contributed by atoms with Gasteiger partial charge >= 0.3 is 0 Å². The van der Waals surface area contributed by atoms with Gasteiger partial charge in [-0.1, -0.05) is 66.2 Å². The van der Waals surface area contributed by atoms with E-state index in [1.165, 1.54) is 0 Å². The summed E-state index contributed by atoms with van der Waals surface area (Å²) in [6.45, 7) is 0.413. The lowest BCUT2D eigenvalue weighted by atomic mass is 10.0. The maximum atomic E-state index is 9.32. The zero-order chi connectivity index (χ0) is 22.8. The molecule has 168 valence electrons. The number of hydrogen-bond acceptors (Lipinski definition) is 5. The number of fused-ring (bicyclic) bond motifs is 1. The van der Waals surface area contributed by atoms with Gasteiger partial charge in [0.15, 0.2) is 0 Å². The minimum atomic E-state index is -0.194. The second-order valence-corrected chi connectivity index (χ2v) is 8.43. The highest BCUT2D eigenvalue weighted by Gasteiger charge is 2.28. The van der Waals surface area contributed by atoms with E-state index in [-0.39, 0.29) is 18.8 Å². The Morgan fingerprint density at radius 3 is 2.58 bits per heavy atom. The second-order valence-electron chi connectivity index (χ2n) is 8.03. The van der Waals surface area contributed by atoms with Crippen LogP contribution in [0.15, 0.2) is 65.7 Å². The van der Waals surface area contributed by atoms with Crippen LogP contribution in [-0.4, -0.2) is 53.8 Å². The molecule has 0 radical (unpaired) electrons. The molecule has 6 nitrogen and oxygen atoms in total. The summed E-state index contributed by atoms with van der Waals surface area (Å²) < 4.78 is 11.7. The number of rotatable bonds is 6. The number of aromatic nitrogens is 2. The number of benzene rings is 2. The predicted octanol–water partition coefficient (Wildman–Crippen LogP) is 5.13. The van der Waals surface area contributed by atoms with Crippen molar-refractivity contribution in [2.24, 2.45) is 4.99 Å². The van der Waals surface area contributed by atoms with E-state index in [0.29, 0.717) is 29.6 Å². The summed E-state index contributed by atoms with van der Waals surface area (Å²) in [6.07, 6.45) is 2.01. The molecule has 2 aromatic heterocycles. The maximum Gasteiger partial charge on any atom is 0.202 e. The number of aliphatic imine (C=N–C) groups is 1. The topological polar surface area (TPSA) is 79.7 Å². The summed E-state index contributed by atoms with van der Waals surface area (Å²) in [4.78, 5) is 12.4. The first-order valence-corrected chi connectivity index (χ1v) is 11.2. The first-order valence-electron chi connectivity index (χ1n) is 10.9.